The highest BCUT2D eigenvalue weighted by Gasteiger charge is 2.20. The predicted octanol–water partition coefficient (Wildman–Crippen LogP) is 22.9. The van der Waals surface area contributed by atoms with E-state index in [-0.39, 0.29) is 18.5 Å². The lowest BCUT2D eigenvalue weighted by molar-refractivity contribution is -0.143. The standard InChI is InChI=1S/C72H139NO5/c1-3-5-7-9-11-13-15-17-19-21-23-24-25-26-29-32-36-40-44-48-52-56-60-64-70(75)69(68-74)73-71(76)65-61-57-53-49-45-41-37-33-30-27-31-35-39-43-47-51-55-59-63-67-78-72(77)66-62-58-54-50-46-42-38-34-28-22-20-18-16-14-12-10-8-6-4-2/h35,39,43,47,69-70,74-75H,3-34,36-38,40-42,44-46,48-68H2,1-2H3,(H,73,76)/b39-35-,47-43-. The smallest absolute Gasteiger partial charge is 0.305 e. The largest absolute Gasteiger partial charge is 0.466 e. The SMILES string of the molecule is CCCCCCCCCCCCCCCCCCCCCCCCCC(O)C(CO)NC(=O)CCCCCCCCCCCC/C=C\C=C/CCCCCOC(=O)CCCCCCCCCCCCCCCCCCCCC. The average molecular weight is 1100 g/mol. The molecular weight excluding hydrogens is 959 g/mol. The number of rotatable bonds is 67. The van der Waals surface area contributed by atoms with Gasteiger partial charge >= 0.3 is 5.97 Å². The van der Waals surface area contributed by atoms with Gasteiger partial charge in [-0.2, -0.15) is 0 Å². The van der Waals surface area contributed by atoms with Crippen molar-refractivity contribution >= 4 is 11.9 Å². The molecule has 0 rings (SSSR count). The number of hydrogen-bond donors (Lipinski definition) is 3. The zero-order valence-corrected chi connectivity index (χ0v) is 52.9. The summed E-state index contributed by atoms with van der Waals surface area (Å²) in [7, 11) is 0. The summed E-state index contributed by atoms with van der Waals surface area (Å²) in [6, 6.07) is -0.551. The molecule has 0 heterocycles. The van der Waals surface area contributed by atoms with Crippen LogP contribution in [0.3, 0.4) is 0 Å². The first-order valence-electron chi connectivity index (χ1n) is 35.6. The molecule has 0 bridgehead atoms. The van der Waals surface area contributed by atoms with Crippen LogP contribution < -0.4 is 5.32 Å². The van der Waals surface area contributed by atoms with Gasteiger partial charge in [0.25, 0.3) is 0 Å². The summed E-state index contributed by atoms with van der Waals surface area (Å²) < 4.78 is 5.48. The van der Waals surface area contributed by atoms with E-state index in [1.54, 1.807) is 0 Å². The molecule has 2 atom stereocenters. The summed E-state index contributed by atoms with van der Waals surface area (Å²) in [6.07, 6.45) is 85.1. The van der Waals surface area contributed by atoms with Gasteiger partial charge in [0.2, 0.25) is 5.91 Å². The van der Waals surface area contributed by atoms with Crippen molar-refractivity contribution < 1.29 is 24.5 Å². The normalized spacial score (nSPS) is 12.6. The number of carbonyl (C=O) groups is 2. The number of esters is 1. The number of ether oxygens (including phenoxy) is 1. The first kappa shape index (κ1) is 76.3. The van der Waals surface area contributed by atoms with Crippen molar-refractivity contribution in [2.75, 3.05) is 13.2 Å². The van der Waals surface area contributed by atoms with E-state index < -0.39 is 12.1 Å². The molecule has 78 heavy (non-hydrogen) atoms. The second kappa shape index (κ2) is 67.8. The molecule has 2 unspecified atom stereocenters. The molecule has 0 radical (unpaired) electrons. The lowest BCUT2D eigenvalue weighted by Gasteiger charge is -2.22. The maximum atomic E-state index is 12.5. The van der Waals surface area contributed by atoms with Crippen LogP contribution in [0.15, 0.2) is 24.3 Å². The van der Waals surface area contributed by atoms with Gasteiger partial charge in [0.1, 0.15) is 0 Å². The Hall–Kier alpha value is -1.66. The fourth-order valence-corrected chi connectivity index (χ4v) is 11.3. The van der Waals surface area contributed by atoms with Crippen molar-refractivity contribution in [3.05, 3.63) is 24.3 Å². The molecule has 3 N–H and O–H groups in total. The minimum atomic E-state index is -0.673. The van der Waals surface area contributed by atoms with Crippen LogP contribution >= 0.6 is 0 Å². The third kappa shape index (κ3) is 63.5. The van der Waals surface area contributed by atoms with Crippen molar-refractivity contribution in [2.24, 2.45) is 0 Å². The van der Waals surface area contributed by atoms with Crippen molar-refractivity contribution in [3.8, 4) is 0 Å². The van der Waals surface area contributed by atoms with Crippen LogP contribution in [0.1, 0.15) is 399 Å². The Labute approximate surface area is 488 Å². The highest BCUT2D eigenvalue weighted by Crippen LogP contribution is 2.19. The summed E-state index contributed by atoms with van der Waals surface area (Å²) in [5.74, 6) is -0.0476. The monoisotopic (exact) mass is 1100 g/mol. The summed E-state index contributed by atoms with van der Waals surface area (Å²) in [6.45, 7) is 4.96. The summed E-state index contributed by atoms with van der Waals surface area (Å²) >= 11 is 0. The third-order valence-electron chi connectivity index (χ3n) is 16.8. The molecule has 0 spiro atoms. The van der Waals surface area contributed by atoms with Gasteiger partial charge in [-0.25, -0.2) is 0 Å². The summed E-state index contributed by atoms with van der Waals surface area (Å²) in [5.41, 5.74) is 0. The zero-order valence-electron chi connectivity index (χ0n) is 52.9. The second-order valence-corrected chi connectivity index (χ2v) is 24.6. The fourth-order valence-electron chi connectivity index (χ4n) is 11.3. The van der Waals surface area contributed by atoms with Crippen LogP contribution in [0.4, 0.5) is 0 Å². The lowest BCUT2D eigenvalue weighted by Crippen LogP contribution is -2.45. The van der Waals surface area contributed by atoms with Crippen LogP contribution in [-0.2, 0) is 14.3 Å². The van der Waals surface area contributed by atoms with Crippen LogP contribution in [0.2, 0.25) is 0 Å². The molecule has 1 amide bonds. The minimum Gasteiger partial charge on any atom is -0.466 e. The van der Waals surface area contributed by atoms with Gasteiger partial charge in [-0.05, 0) is 57.8 Å². The summed E-state index contributed by atoms with van der Waals surface area (Å²) in [4.78, 5) is 24.7. The van der Waals surface area contributed by atoms with Crippen LogP contribution in [0, 0.1) is 0 Å². The number of allylic oxidation sites excluding steroid dienone is 4. The zero-order chi connectivity index (χ0) is 56.4. The Morgan fingerprint density at radius 3 is 0.949 bits per heavy atom. The molecule has 0 aromatic carbocycles. The van der Waals surface area contributed by atoms with Gasteiger partial charge in [0.05, 0.1) is 25.4 Å². The molecule has 0 saturated carbocycles. The molecule has 0 aromatic heterocycles. The number of aliphatic hydroxyl groups is 2. The minimum absolute atomic E-state index is 0.00738. The Morgan fingerprint density at radius 1 is 0.359 bits per heavy atom. The molecule has 0 saturated heterocycles. The van der Waals surface area contributed by atoms with Crippen molar-refractivity contribution in [2.45, 2.75) is 411 Å². The number of amides is 1. The molecule has 6 heteroatoms. The molecule has 0 fully saturated rings. The van der Waals surface area contributed by atoms with Gasteiger partial charge < -0.3 is 20.3 Å². The first-order valence-corrected chi connectivity index (χ1v) is 35.6. The lowest BCUT2D eigenvalue weighted by atomic mass is 10.0. The summed E-state index contributed by atoms with van der Waals surface area (Å²) in [5, 5.41) is 23.4. The molecule has 462 valence electrons. The fraction of sp³-hybridized carbons (Fsp3) is 0.917. The second-order valence-electron chi connectivity index (χ2n) is 24.6. The Balaban J connectivity index is 3.44. The van der Waals surface area contributed by atoms with Gasteiger partial charge in [0, 0.05) is 12.8 Å². The van der Waals surface area contributed by atoms with Gasteiger partial charge in [-0.15, -0.1) is 0 Å². The number of hydrogen-bond acceptors (Lipinski definition) is 5. The van der Waals surface area contributed by atoms with Crippen LogP contribution in [0.5, 0.6) is 0 Å². The molecule has 0 aliphatic carbocycles. The molecular formula is C72H139NO5. The third-order valence-corrected chi connectivity index (χ3v) is 16.8. The van der Waals surface area contributed by atoms with E-state index in [0.29, 0.717) is 25.9 Å². The number of nitrogens with one attached hydrogen (secondary N) is 1. The Bertz CT molecular complexity index is 1220. The quantitative estimate of drug-likeness (QED) is 0.0320. The maximum absolute atomic E-state index is 12.5. The molecule has 0 aromatic rings. The van der Waals surface area contributed by atoms with Crippen molar-refractivity contribution in [1.29, 1.82) is 0 Å². The van der Waals surface area contributed by atoms with Crippen molar-refractivity contribution in [1.82, 2.24) is 5.32 Å². The molecule has 0 aliphatic heterocycles. The van der Waals surface area contributed by atoms with E-state index in [4.69, 9.17) is 4.74 Å². The highest BCUT2D eigenvalue weighted by molar-refractivity contribution is 5.76. The van der Waals surface area contributed by atoms with Gasteiger partial charge in [0.15, 0.2) is 0 Å². The topological polar surface area (TPSA) is 95.9 Å². The highest BCUT2D eigenvalue weighted by atomic mass is 16.5. The maximum Gasteiger partial charge on any atom is 0.305 e. The number of carbonyl (C=O) groups excluding carboxylic acids is 2. The Morgan fingerprint density at radius 2 is 0.628 bits per heavy atom. The Kier molecular flexibility index (Phi) is 66.4. The molecule has 0 aliphatic rings. The van der Waals surface area contributed by atoms with E-state index in [9.17, 15) is 19.8 Å². The van der Waals surface area contributed by atoms with Crippen molar-refractivity contribution in [3.63, 3.8) is 0 Å². The van der Waals surface area contributed by atoms with Crippen LogP contribution in [-0.4, -0.2) is 47.4 Å². The number of unbranched alkanes of at least 4 members (excludes halogenated alkanes) is 53. The van der Waals surface area contributed by atoms with Crippen LogP contribution in [0.25, 0.3) is 0 Å². The van der Waals surface area contributed by atoms with Gasteiger partial charge in [-0.3, -0.25) is 9.59 Å². The average Bonchev–Trinajstić information content (AvgIpc) is 3.44. The van der Waals surface area contributed by atoms with Gasteiger partial charge in [-0.1, -0.05) is 353 Å². The molecule has 6 nitrogen and oxygen atoms in total. The van der Waals surface area contributed by atoms with E-state index in [2.05, 4.69) is 43.5 Å². The van der Waals surface area contributed by atoms with E-state index in [1.165, 1.54) is 295 Å². The van der Waals surface area contributed by atoms with E-state index in [1.807, 2.05) is 0 Å². The number of aliphatic hydroxyl groups excluding tert-OH is 2. The van der Waals surface area contributed by atoms with E-state index >= 15 is 0 Å². The predicted molar refractivity (Wildman–Crippen MR) is 343 cm³/mol. The van der Waals surface area contributed by atoms with E-state index in [0.717, 1.165) is 70.6 Å². The first-order chi connectivity index (χ1) is 38.5.